The molecule has 2 aromatic rings. The number of nitrogens with one attached hydrogen (secondary N) is 1. The lowest BCUT2D eigenvalue weighted by atomic mass is 9.98. The van der Waals surface area contributed by atoms with Gasteiger partial charge in [-0.05, 0) is 62.1 Å². The van der Waals surface area contributed by atoms with Crippen LogP contribution in [-0.4, -0.2) is 0 Å². The molecule has 1 aromatic carbocycles. The zero-order valence-electron chi connectivity index (χ0n) is 12.5. The van der Waals surface area contributed by atoms with Crippen molar-refractivity contribution in [2.45, 2.75) is 51.0 Å². The number of hydrogen-bond acceptors (Lipinski definition) is 3. The van der Waals surface area contributed by atoms with E-state index in [1.54, 1.807) is 10.4 Å². The van der Waals surface area contributed by atoms with E-state index in [0.29, 0.717) is 6.04 Å². The predicted molar refractivity (Wildman–Crippen MR) is 90.4 cm³/mol. The van der Waals surface area contributed by atoms with Crippen molar-refractivity contribution >= 4 is 11.3 Å². The molecule has 112 valence electrons. The number of benzene rings is 1. The van der Waals surface area contributed by atoms with Crippen LogP contribution in [0.15, 0.2) is 36.4 Å². The summed E-state index contributed by atoms with van der Waals surface area (Å²) in [6.45, 7) is 0. The third kappa shape index (κ3) is 3.73. The molecule has 3 rings (SSSR count). The fourth-order valence-electron chi connectivity index (χ4n) is 3.15. The molecular weight excluding hydrogens is 276 g/mol. The minimum atomic E-state index is 0.310. The van der Waals surface area contributed by atoms with Crippen molar-refractivity contribution in [3.05, 3.63) is 57.3 Å². The molecule has 3 heteroatoms. The summed E-state index contributed by atoms with van der Waals surface area (Å²) < 4.78 is 0. The van der Waals surface area contributed by atoms with Crippen molar-refractivity contribution in [2.24, 2.45) is 5.84 Å². The van der Waals surface area contributed by atoms with Gasteiger partial charge in [-0.15, -0.1) is 11.3 Å². The molecule has 0 aliphatic heterocycles. The van der Waals surface area contributed by atoms with Gasteiger partial charge >= 0.3 is 0 Å². The Bertz CT molecular complexity index is 538. The van der Waals surface area contributed by atoms with E-state index >= 15 is 0 Å². The van der Waals surface area contributed by atoms with Gasteiger partial charge in [0.05, 0.1) is 6.04 Å². The largest absolute Gasteiger partial charge is 0.271 e. The molecule has 1 atom stereocenters. The molecule has 0 fully saturated rings. The van der Waals surface area contributed by atoms with E-state index in [4.69, 9.17) is 5.84 Å². The van der Waals surface area contributed by atoms with Gasteiger partial charge in [-0.1, -0.05) is 30.3 Å². The molecule has 1 aliphatic rings. The van der Waals surface area contributed by atoms with Crippen molar-refractivity contribution < 1.29 is 0 Å². The molecule has 0 radical (unpaired) electrons. The number of thiophene rings is 1. The first-order valence-electron chi connectivity index (χ1n) is 7.98. The van der Waals surface area contributed by atoms with E-state index in [2.05, 4.69) is 41.8 Å². The summed E-state index contributed by atoms with van der Waals surface area (Å²) in [4.78, 5) is 3.03. The highest BCUT2D eigenvalue weighted by Crippen LogP contribution is 2.34. The van der Waals surface area contributed by atoms with E-state index in [1.165, 1.54) is 42.5 Å². The van der Waals surface area contributed by atoms with Crippen molar-refractivity contribution in [2.75, 3.05) is 0 Å². The maximum atomic E-state index is 5.80. The van der Waals surface area contributed by atoms with Crippen LogP contribution in [0.2, 0.25) is 0 Å². The van der Waals surface area contributed by atoms with Gasteiger partial charge in [-0.2, -0.15) is 0 Å². The van der Waals surface area contributed by atoms with E-state index < -0.39 is 0 Å². The van der Waals surface area contributed by atoms with Crippen LogP contribution in [0, 0.1) is 0 Å². The van der Waals surface area contributed by atoms with Crippen LogP contribution in [0.1, 0.15) is 52.6 Å². The molecule has 0 spiro atoms. The molecule has 0 saturated carbocycles. The van der Waals surface area contributed by atoms with Gasteiger partial charge in [-0.3, -0.25) is 11.3 Å². The van der Waals surface area contributed by atoms with Gasteiger partial charge in [0.25, 0.3) is 0 Å². The summed E-state index contributed by atoms with van der Waals surface area (Å²) in [5, 5.41) is 0. The van der Waals surface area contributed by atoms with E-state index in [1.807, 2.05) is 11.3 Å². The Balaban J connectivity index is 1.58. The second-order valence-electron chi connectivity index (χ2n) is 5.90. The molecule has 1 aromatic heterocycles. The third-order valence-electron chi connectivity index (χ3n) is 4.36. The van der Waals surface area contributed by atoms with Gasteiger partial charge in [0.2, 0.25) is 0 Å². The topological polar surface area (TPSA) is 38.0 Å². The summed E-state index contributed by atoms with van der Waals surface area (Å²) in [5.74, 6) is 5.80. The fraction of sp³-hybridized carbons (Fsp3) is 0.444. The Morgan fingerprint density at radius 3 is 2.71 bits per heavy atom. The van der Waals surface area contributed by atoms with Gasteiger partial charge in [0.15, 0.2) is 0 Å². The van der Waals surface area contributed by atoms with Crippen LogP contribution in [0.3, 0.4) is 0 Å². The highest BCUT2D eigenvalue weighted by molar-refractivity contribution is 7.12. The molecule has 2 nitrogen and oxygen atoms in total. The standard InChI is InChI=1S/C18H24N2S/c19-20-16(11-6-9-14-7-2-1-3-8-14)18-13-15-10-4-5-12-17(15)21-18/h1-3,7-8,13,16,20H,4-6,9-12,19H2. The Kier molecular flexibility index (Phi) is 5.07. The van der Waals surface area contributed by atoms with Crippen LogP contribution in [0.5, 0.6) is 0 Å². The van der Waals surface area contributed by atoms with E-state index in [0.717, 1.165) is 12.8 Å². The number of hydrazine groups is 1. The highest BCUT2D eigenvalue weighted by atomic mass is 32.1. The van der Waals surface area contributed by atoms with Crippen LogP contribution in [-0.2, 0) is 19.3 Å². The molecule has 21 heavy (non-hydrogen) atoms. The average molecular weight is 300 g/mol. The monoisotopic (exact) mass is 300 g/mol. The molecule has 1 unspecified atom stereocenters. The first-order valence-corrected chi connectivity index (χ1v) is 8.80. The molecule has 3 N–H and O–H groups in total. The second kappa shape index (κ2) is 7.21. The minimum absolute atomic E-state index is 0.310. The number of rotatable bonds is 6. The third-order valence-corrected chi connectivity index (χ3v) is 5.71. The summed E-state index contributed by atoms with van der Waals surface area (Å²) in [6, 6.07) is 13.4. The lowest BCUT2D eigenvalue weighted by Crippen LogP contribution is -2.27. The van der Waals surface area contributed by atoms with E-state index in [-0.39, 0.29) is 0 Å². The lowest BCUT2D eigenvalue weighted by molar-refractivity contribution is 0.505. The van der Waals surface area contributed by atoms with E-state index in [9.17, 15) is 0 Å². The summed E-state index contributed by atoms with van der Waals surface area (Å²) in [7, 11) is 0. The Morgan fingerprint density at radius 2 is 1.95 bits per heavy atom. The molecule has 0 amide bonds. The van der Waals surface area contributed by atoms with Crippen molar-refractivity contribution in [3.8, 4) is 0 Å². The summed E-state index contributed by atoms with van der Waals surface area (Å²) in [6.07, 6.45) is 8.62. The normalized spacial score (nSPS) is 15.7. The Hall–Kier alpha value is -1.16. The molecule has 1 heterocycles. The highest BCUT2D eigenvalue weighted by Gasteiger charge is 2.18. The van der Waals surface area contributed by atoms with Crippen LogP contribution >= 0.6 is 11.3 Å². The predicted octanol–water partition coefficient (Wildman–Crippen LogP) is 4.15. The van der Waals surface area contributed by atoms with Crippen LogP contribution < -0.4 is 11.3 Å². The van der Waals surface area contributed by atoms with Gasteiger partial charge in [0, 0.05) is 9.75 Å². The summed E-state index contributed by atoms with van der Waals surface area (Å²) in [5.41, 5.74) is 6.01. The first-order chi connectivity index (χ1) is 10.4. The summed E-state index contributed by atoms with van der Waals surface area (Å²) >= 11 is 1.97. The maximum absolute atomic E-state index is 5.80. The Morgan fingerprint density at radius 1 is 1.14 bits per heavy atom. The molecular formula is C18H24N2S. The molecule has 0 saturated heterocycles. The van der Waals surface area contributed by atoms with Gasteiger partial charge < -0.3 is 0 Å². The van der Waals surface area contributed by atoms with Crippen LogP contribution in [0.25, 0.3) is 0 Å². The first kappa shape index (κ1) is 14.8. The van der Waals surface area contributed by atoms with Gasteiger partial charge in [-0.25, -0.2) is 0 Å². The quantitative estimate of drug-likeness (QED) is 0.621. The number of fused-ring (bicyclic) bond motifs is 1. The lowest BCUT2D eigenvalue weighted by Gasteiger charge is -2.14. The number of aryl methyl sites for hydroxylation is 3. The van der Waals surface area contributed by atoms with Crippen LogP contribution in [0.4, 0.5) is 0 Å². The fourth-order valence-corrected chi connectivity index (χ4v) is 4.50. The zero-order chi connectivity index (χ0) is 14.5. The SMILES string of the molecule is NNC(CCCc1ccccc1)c1cc2c(s1)CCCC2. The molecule has 0 bridgehead atoms. The second-order valence-corrected chi connectivity index (χ2v) is 7.07. The maximum Gasteiger partial charge on any atom is 0.0553 e. The minimum Gasteiger partial charge on any atom is -0.271 e. The average Bonchev–Trinajstić information content (AvgIpc) is 2.96. The van der Waals surface area contributed by atoms with Crippen molar-refractivity contribution in [3.63, 3.8) is 0 Å². The van der Waals surface area contributed by atoms with Crippen molar-refractivity contribution in [1.29, 1.82) is 0 Å². The smallest absolute Gasteiger partial charge is 0.0553 e. The van der Waals surface area contributed by atoms with Gasteiger partial charge in [0.1, 0.15) is 0 Å². The van der Waals surface area contributed by atoms with Crippen molar-refractivity contribution in [1.82, 2.24) is 5.43 Å². The number of hydrogen-bond donors (Lipinski definition) is 2. The number of nitrogens with two attached hydrogens (primary N) is 1. The zero-order valence-corrected chi connectivity index (χ0v) is 13.3. The molecule has 1 aliphatic carbocycles. The Labute approximate surface area is 131 Å².